The van der Waals surface area contributed by atoms with Gasteiger partial charge in [0, 0.05) is 32.1 Å². The van der Waals surface area contributed by atoms with Gasteiger partial charge in [-0.2, -0.15) is 0 Å². The Hall–Kier alpha value is -0.320. The molecule has 1 aliphatic heterocycles. The summed E-state index contributed by atoms with van der Waals surface area (Å²) in [5, 5.41) is 3.36. The fourth-order valence-electron chi connectivity index (χ4n) is 3.13. The molecule has 0 bridgehead atoms. The third-order valence-electron chi connectivity index (χ3n) is 4.44. The monoisotopic (exact) mass is 304 g/mol. The van der Waals surface area contributed by atoms with Crippen LogP contribution in [0.4, 0.5) is 0 Å². The van der Waals surface area contributed by atoms with Gasteiger partial charge in [-0.1, -0.05) is 32.1 Å². The van der Waals surface area contributed by atoms with E-state index in [0.29, 0.717) is 19.1 Å². The summed E-state index contributed by atoms with van der Waals surface area (Å²) in [6, 6.07) is 0.662. The maximum absolute atomic E-state index is 12.3. The minimum absolute atomic E-state index is 0. The largest absolute Gasteiger partial charge is 0.378 e. The van der Waals surface area contributed by atoms with Gasteiger partial charge in [-0.3, -0.25) is 4.79 Å². The average Bonchev–Trinajstić information content (AvgIpc) is 2.39. The van der Waals surface area contributed by atoms with Gasteiger partial charge in [0.15, 0.2) is 0 Å². The molecule has 2 fully saturated rings. The molecule has 0 spiro atoms. The quantitative estimate of drug-likeness (QED) is 0.870. The fraction of sp³-hybridized carbons (Fsp3) is 0.933. The van der Waals surface area contributed by atoms with Gasteiger partial charge in [0.25, 0.3) is 0 Å². The van der Waals surface area contributed by atoms with Crippen LogP contribution < -0.4 is 5.32 Å². The summed E-state index contributed by atoms with van der Waals surface area (Å²) in [6.07, 6.45) is 9.50. The van der Waals surface area contributed by atoms with Crippen molar-refractivity contribution in [2.75, 3.05) is 26.8 Å². The average molecular weight is 305 g/mol. The minimum atomic E-state index is 0. The number of halogens is 1. The Balaban J connectivity index is 0.00000200. The molecule has 1 saturated heterocycles. The van der Waals surface area contributed by atoms with E-state index >= 15 is 0 Å². The predicted octanol–water partition coefficient (Wildman–Crippen LogP) is 2.36. The molecule has 2 rings (SSSR count). The lowest BCUT2D eigenvalue weighted by molar-refractivity contribution is -0.133. The van der Waals surface area contributed by atoms with E-state index in [1.54, 1.807) is 0 Å². The summed E-state index contributed by atoms with van der Waals surface area (Å²) in [6.45, 7) is 2.30. The number of amides is 1. The van der Waals surface area contributed by atoms with Crippen LogP contribution in [-0.4, -0.2) is 49.7 Å². The second kappa shape index (κ2) is 9.59. The number of nitrogens with one attached hydrogen (secondary N) is 1. The van der Waals surface area contributed by atoms with Gasteiger partial charge in [0.2, 0.25) is 5.91 Å². The maximum Gasteiger partial charge on any atom is 0.224 e. The molecule has 1 saturated carbocycles. The zero-order chi connectivity index (χ0) is 13.5. The highest BCUT2D eigenvalue weighted by Gasteiger charge is 2.24. The molecule has 1 atom stereocenters. The molecule has 1 unspecified atom stereocenters. The maximum atomic E-state index is 12.3. The number of hydrogen-bond donors (Lipinski definition) is 1. The molecule has 1 aliphatic carbocycles. The topological polar surface area (TPSA) is 41.6 Å². The summed E-state index contributed by atoms with van der Waals surface area (Å²) >= 11 is 0. The molecular weight excluding hydrogens is 276 g/mol. The van der Waals surface area contributed by atoms with Crippen LogP contribution in [0.3, 0.4) is 0 Å². The van der Waals surface area contributed by atoms with Crippen molar-refractivity contribution in [1.82, 2.24) is 10.2 Å². The fourth-order valence-corrected chi connectivity index (χ4v) is 3.13. The van der Waals surface area contributed by atoms with Crippen molar-refractivity contribution >= 4 is 18.3 Å². The summed E-state index contributed by atoms with van der Waals surface area (Å²) in [5.74, 6) is 0.272. The summed E-state index contributed by atoms with van der Waals surface area (Å²) in [7, 11) is 1.98. The molecule has 1 N–H and O–H groups in total. The van der Waals surface area contributed by atoms with Crippen LogP contribution in [0.25, 0.3) is 0 Å². The van der Waals surface area contributed by atoms with Gasteiger partial charge in [0.1, 0.15) is 0 Å². The standard InChI is InChI=1S/C15H28N2O2.ClH/c1-17(14-7-5-3-2-4-6-8-14)15(18)11-13-12-19-10-9-16-13;/h13-14,16H,2-12H2,1H3;1H. The molecular formula is C15H29ClN2O2. The summed E-state index contributed by atoms with van der Waals surface area (Å²) in [4.78, 5) is 14.3. The van der Waals surface area contributed by atoms with E-state index in [-0.39, 0.29) is 24.4 Å². The molecule has 2 aliphatic rings. The zero-order valence-electron chi connectivity index (χ0n) is 12.6. The second-order valence-electron chi connectivity index (χ2n) is 5.93. The van der Waals surface area contributed by atoms with Crippen LogP contribution >= 0.6 is 12.4 Å². The minimum Gasteiger partial charge on any atom is -0.378 e. The van der Waals surface area contributed by atoms with E-state index < -0.39 is 0 Å². The lowest BCUT2D eigenvalue weighted by Gasteiger charge is -2.32. The van der Waals surface area contributed by atoms with Gasteiger partial charge in [-0.05, 0) is 12.8 Å². The van der Waals surface area contributed by atoms with E-state index in [2.05, 4.69) is 5.32 Å². The van der Waals surface area contributed by atoms with E-state index in [9.17, 15) is 4.79 Å². The number of rotatable bonds is 3. The number of carbonyl (C=O) groups excluding carboxylic acids is 1. The number of carbonyl (C=O) groups is 1. The van der Waals surface area contributed by atoms with E-state index in [0.717, 1.165) is 13.2 Å². The highest BCUT2D eigenvalue weighted by atomic mass is 35.5. The van der Waals surface area contributed by atoms with E-state index in [1.165, 1.54) is 44.9 Å². The van der Waals surface area contributed by atoms with Gasteiger partial charge in [-0.15, -0.1) is 12.4 Å². The number of hydrogen-bond acceptors (Lipinski definition) is 3. The summed E-state index contributed by atoms with van der Waals surface area (Å²) in [5.41, 5.74) is 0. The Bertz CT molecular complexity index is 275. The molecule has 0 aromatic heterocycles. The molecule has 4 nitrogen and oxygen atoms in total. The first-order chi connectivity index (χ1) is 9.27. The SMILES string of the molecule is CN(C(=O)CC1COCCN1)C1CCCCCCC1.Cl. The zero-order valence-corrected chi connectivity index (χ0v) is 13.4. The van der Waals surface area contributed by atoms with E-state index in [4.69, 9.17) is 4.74 Å². The van der Waals surface area contributed by atoms with Crippen LogP contribution in [0.1, 0.15) is 51.4 Å². The second-order valence-corrected chi connectivity index (χ2v) is 5.93. The van der Waals surface area contributed by atoms with Crippen molar-refractivity contribution < 1.29 is 9.53 Å². The highest BCUT2D eigenvalue weighted by molar-refractivity contribution is 5.85. The molecule has 5 heteroatoms. The first-order valence-corrected chi connectivity index (χ1v) is 7.84. The molecule has 1 amide bonds. The number of nitrogens with zero attached hydrogens (tertiary/aromatic N) is 1. The predicted molar refractivity (Wildman–Crippen MR) is 83.4 cm³/mol. The third-order valence-corrected chi connectivity index (χ3v) is 4.44. The first-order valence-electron chi connectivity index (χ1n) is 7.84. The van der Waals surface area contributed by atoms with Gasteiger partial charge in [0.05, 0.1) is 13.2 Å². The Kier molecular flexibility index (Phi) is 8.50. The molecule has 1 heterocycles. The first kappa shape index (κ1) is 17.7. The van der Waals surface area contributed by atoms with Gasteiger partial charge < -0.3 is 15.0 Å². The Morgan fingerprint density at radius 1 is 1.20 bits per heavy atom. The number of ether oxygens (including phenoxy) is 1. The summed E-state index contributed by atoms with van der Waals surface area (Å²) < 4.78 is 5.41. The van der Waals surface area contributed by atoms with Crippen molar-refractivity contribution in [2.45, 2.75) is 63.5 Å². The van der Waals surface area contributed by atoms with Crippen LogP contribution in [0, 0.1) is 0 Å². The molecule has 20 heavy (non-hydrogen) atoms. The van der Waals surface area contributed by atoms with Gasteiger partial charge >= 0.3 is 0 Å². The van der Waals surface area contributed by atoms with Crippen molar-refractivity contribution in [3.8, 4) is 0 Å². The molecule has 0 radical (unpaired) electrons. The van der Waals surface area contributed by atoms with Crippen molar-refractivity contribution in [3.63, 3.8) is 0 Å². The number of morpholine rings is 1. The molecule has 118 valence electrons. The Labute approximate surface area is 129 Å². The lowest BCUT2D eigenvalue weighted by atomic mass is 9.95. The molecule has 0 aromatic carbocycles. The Morgan fingerprint density at radius 2 is 1.85 bits per heavy atom. The normalized spacial score (nSPS) is 25.1. The smallest absolute Gasteiger partial charge is 0.224 e. The third kappa shape index (κ3) is 5.58. The van der Waals surface area contributed by atoms with Crippen molar-refractivity contribution in [2.24, 2.45) is 0 Å². The van der Waals surface area contributed by atoms with Crippen molar-refractivity contribution in [3.05, 3.63) is 0 Å². The van der Waals surface area contributed by atoms with Crippen LogP contribution in [0.15, 0.2) is 0 Å². The Morgan fingerprint density at radius 3 is 2.45 bits per heavy atom. The lowest BCUT2D eigenvalue weighted by Crippen LogP contribution is -2.46. The van der Waals surface area contributed by atoms with Crippen LogP contribution in [-0.2, 0) is 9.53 Å². The van der Waals surface area contributed by atoms with Gasteiger partial charge in [-0.25, -0.2) is 0 Å². The molecule has 0 aromatic rings. The highest BCUT2D eigenvalue weighted by Crippen LogP contribution is 2.21. The van der Waals surface area contributed by atoms with Crippen LogP contribution in [0.5, 0.6) is 0 Å². The van der Waals surface area contributed by atoms with Crippen molar-refractivity contribution in [1.29, 1.82) is 0 Å². The van der Waals surface area contributed by atoms with E-state index in [1.807, 2.05) is 11.9 Å². The van der Waals surface area contributed by atoms with Crippen LogP contribution in [0.2, 0.25) is 0 Å².